The number of aromatic nitrogens is 1. The molecular weight excluding hydrogens is 350 g/mol. The molecule has 1 aliphatic heterocycles. The van der Waals surface area contributed by atoms with Crippen molar-refractivity contribution in [2.24, 2.45) is 0 Å². The quantitative estimate of drug-likeness (QED) is 0.703. The van der Waals surface area contributed by atoms with Crippen LogP contribution in [0.3, 0.4) is 0 Å². The van der Waals surface area contributed by atoms with E-state index in [1.165, 1.54) is 0 Å². The zero-order valence-corrected chi connectivity index (χ0v) is 14.9. The van der Waals surface area contributed by atoms with Crippen LogP contribution in [0, 0.1) is 0 Å². The number of carbonyl (C=O) groups excluding carboxylic acids is 1. The summed E-state index contributed by atoms with van der Waals surface area (Å²) in [6.45, 7) is 2.81. The number of halogens is 1. The highest BCUT2D eigenvalue weighted by atomic mass is 35.5. The van der Waals surface area contributed by atoms with Gasteiger partial charge in [-0.05, 0) is 48.5 Å². The van der Waals surface area contributed by atoms with Crippen LogP contribution in [0.5, 0.6) is 0 Å². The molecule has 1 amide bonds. The lowest BCUT2D eigenvalue weighted by Gasteiger charge is -2.34. The lowest BCUT2D eigenvalue weighted by molar-refractivity contribution is 0.0715. The molecule has 0 atom stereocenters. The van der Waals surface area contributed by atoms with Crippen molar-refractivity contribution >= 4 is 23.3 Å². The topological polar surface area (TPSA) is 49.6 Å². The van der Waals surface area contributed by atoms with Crippen molar-refractivity contribution < 1.29 is 9.21 Å². The summed E-state index contributed by atoms with van der Waals surface area (Å²) in [4.78, 5) is 21.1. The number of benzene rings is 1. The third kappa shape index (κ3) is 3.44. The summed E-state index contributed by atoms with van der Waals surface area (Å²) in [5, 5.41) is 0.669. The van der Waals surface area contributed by atoms with E-state index in [0.29, 0.717) is 29.6 Å². The van der Waals surface area contributed by atoms with Crippen LogP contribution in [0.2, 0.25) is 5.02 Å². The SMILES string of the molecule is O=C(c1ccc(-c2ccc(Cl)cc2)o1)N1CCN(c2ccccn2)CC1. The fourth-order valence-corrected chi connectivity index (χ4v) is 3.18. The van der Waals surface area contributed by atoms with Crippen LogP contribution in [0.1, 0.15) is 10.6 Å². The van der Waals surface area contributed by atoms with Crippen molar-refractivity contribution in [1.29, 1.82) is 0 Å². The highest BCUT2D eigenvalue weighted by Crippen LogP contribution is 2.25. The van der Waals surface area contributed by atoms with Gasteiger partial charge in [-0.3, -0.25) is 4.79 Å². The van der Waals surface area contributed by atoms with Gasteiger partial charge in [-0.2, -0.15) is 0 Å². The van der Waals surface area contributed by atoms with Gasteiger partial charge >= 0.3 is 0 Å². The number of pyridine rings is 1. The molecule has 3 heterocycles. The Morgan fingerprint density at radius 1 is 0.962 bits per heavy atom. The molecule has 1 saturated heterocycles. The smallest absolute Gasteiger partial charge is 0.289 e. The molecule has 0 radical (unpaired) electrons. The van der Waals surface area contributed by atoms with E-state index < -0.39 is 0 Å². The zero-order chi connectivity index (χ0) is 17.9. The van der Waals surface area contributed by atoms with Crippen LogP contribution in [0.15, 0.2) is 65.2 Å². The molecular formula is C20H18ClN3O2. The van der Waals surface area contributed by atoms with E-state index in [1.54, 1.807) is 24.4 Å². The van der Waals surface area contributed by atoms with Gasteiger partial charge in [-0.25, -0.2) is 4.98 Å². The average molecular weight is 368 g/mol. The van der Waals surface area contributed by atoms with Crippen molar-refractivity contribution in [3.63, 3.8) is 0 Å². The number of amides is 1. The summed E-state index contributed by atoms with van der Waals surface area (Å²) in [6.07, 6.45) is 1.79. The summed E-state index contributed by atoms with van der Waals surface area (Å²) in [7, 11) is 0. The molecule has 0 saturated carbocycles. The summed E-state index contributed by atoms with van der Waals surface area (Å²) in [6, 6.07) is 16.8. The molecule has 0 aliphatic carbocycles. The maximum absolute atomic E-state index is 12.7. The number of hydrogen-bond donors (Lipinski definition) is 0. The number of carbonyl (C=O) groups is 1. The first-order chi connectivity index (χ1) is 12.7. The van der Waals surface area contributed by atoms with Gasteiger partial charge in [0.1, 0.15) is 11.6 Å². The molecule has 3 aromatic rings. The Balaban J connectivity index is 1.42. The van der Waals surface area contributed by atoms with Crippen molar-refractivity contribution in [2.75, 3.05) is 31.1 Å². The molecule has 26 heavy (non-hydrogen) atoms. The van der Waals surface area contributed by atoms with E-state index in [1.807, 2.05) is 41.3 Å². The molecule has 0 bridgehead atoms. The van der Waals surface area contributed by atoms with Crippen molar-refractivity contribution in [1.82, 2.24) is 9.88 Å². The monoisotopic (exact) mass is 367 g/mol. The lowest BCUT2D eigenvalue weighted by Crippen LogP contribution is -2.49. The Morgan fingerprint density at radius 3 is 2.42 bits per heavy atom. The summed E-state index contributed by atoms with van der Waals surface area (Å²) in [5.41, 5.74) is 0.897. The Morgan fingerprint density at radius 2 is 1.73 bits per heavy atom. The molecule has 4 rings (SSSR count). The third-order valence-electron chi connectivity index (χ3n) is 4.49. The third-order valence-corrected chi connectivity index (χ3v) is 4.74. The first-order valence-electron chi connectivity index (χ1n) is 8.52. The van der Waals surface area contributed by atoms with E-state index in [4.69, 9.17) is 16.0 Å². The molecule has 5 nitrogen and oxygen atoms in total. The van der Waals surface area contributed by atoms with Crippen LogP contribution in [-0.4, -0.2) is 42.0 Å². The molecule has 2 aromatic heterocycles. The number of anilines is 1. The van der Waals surface area contributed by atoms with Gasteiger partial charge in [0.25, 0.3) is 5.91 Å². The minimum absolute atomic E-state index is 0.0779. The van der Waals surface area contributed by atoms with Gasteiger partial charge < -0.3 is 14.2 Å². The molecule has 0 spiro atoms. The van der Waals surface area contributed by atoms with E-state index in [-0.39, 0.29) is 5.91 Å². The number of hydrogen-bond acceptors (Lipinski definition) is 4. The number of piperazine rings is 1. The Kier molecular flexibility index (Phi) is 4.63. The van der Waals surface area contributed by atoms with Gasteiger partial charge in [0.05, 0.1) is 0 Å². The van der Waals surface area contributed by atoms with Gasteiger partial charge in [0.15, 0.2) is 5.76 Å². The molecule has 0 unspecified atom stereocenters. The number of rotatable bonds is 3. The van der Waals surface area contributed by atoms with Gasteiger partial charge in [-0.15, -0.1) is 0 Å². The molecule has 132 valence electrons. The molecule has 6 heteroatoms. The van der Waals surface area contributed by atoms with Crippen molar-refractivity contribution in [3.8, 4) is 11.3 Å². The predicted octanol–water partition coefficient (Wildman–Crippen LogP) is 3.96. The van der Waals surface area contributed by atoms with E-state index in [2.05, 4.69) is 9.88 Å². The second-order valence-corrected chi connectivity index (χ2v) is 6.57. The highest BCUT2D eigenvalue weighted by molar-refractivity contribution is 6.30. The van der Waals surface area contributed by atoms with Gasteiger partial charge in [0, 0.05) is 43.0 Å². The molecule has 1 aromatic carbocycles. The Hall–Kier alpha value is -2.79. The zero-order valence-electron chi connectivity index (χ0n) is 14.1. The van der Waals surface area contributed by atoms with Crippen molar-refractivity contribution in [3.05, 3.63) is 71.6 Å². The second kappa shape index (κ2) is 7.22. The van der Waals surface area contributed by atoms with Crippen LogP contribution in [0.4, 0.5) is 5.82 Å². The van der Waals surface area contributed by atoms with Gasteiger partial charge in [-0.1, -0.05) is 17.7 Å². The molecule has 0 N–H and O–H groups in total. The van der Waals surface area contributed by atoms with E-state index >= 15 is 0 Å². The van der Waals surface area contributed by atoms with Gasteiger partial charge in [0.2, 0.25) is 0 Å². The highest BCUT2D eigenvalue weighted by Gasteiger charge is 2.24. The Labute approximate surface area is 156 Å². The molecule has 1 fully saturated rings. The standard InChI is InChI=1S/C20H18ClN3O2/c21-16-6-4-15(5-7-16)17-8-9-18(26-17)20(25)24-13-11-23(12-14-24)19-3-1-2-10-22-19/h1-10H,11-14H2. The maximum Gasteiger partial charge on any atom is 0.289 e. The normalized spacial score (nSPS) is 14.5. The lowest BCUT2D eigenvalue weighted by atomic mass is 10.2. The summed E-state index contributed by atoms with van der Waals surface area (Å²) >= 11 is 5.91. The van der Waals surface area contributed by atoms with Crippen LogP contribution >= 0.6 is 11.6 Å². The Bertz CT molecular complexity index is 885. The second-order valence-electron chi connectivity index (χ2n) is 6.14. The summed E-state index contributed by atoms with van der Waals surface area (Å²) < 4.78 is 5.78. The van der Waals surface area contributed by atoms with Crippen LogP contribution in [-0.2, 0) is 0 Å². The number of nitrogens with zero attached hydrogens (tertiary/aromatic N) is 3. The minimum Gasteiger partial charge on any atom is -0.451 e. The van der Waals surface area contributed by atoms with Crippen LogP contribution in [0.25, 0.3) is 11.3 Å². The minimum atomic E-state index is -0.0779. The van der Waals surface area contributed by atoms with Crippen molar-refractivity contribution in [2.45, 2.75) is 0 Å². The first-order valence-corrected chi connectivity index (χ1v) is 8.89. The molecule has 1 aliphatic rings. The van der Waals surface area contributed by atoms with E-state index in [0.717, 1.165) is 24.5 Å². The maximum atomic E-state index is 12.7. The predicted molar refractivity (Wildman–Crippen MR) is 102 cm³/mol. The summed E-state index contributed by atoms with van der Waals surface area (Å²) in [5.74, 6) is 1.90. The average Bonchev–Trinajstić information content (AvgIpc) is 3.19. The first kappa shape index (κ1) is 16.7. The fourth-order valence-electron chi connectivity index (χ4n) is 3.06. The van der Waals surface area contributed by atoms with E-state index in [9.17, 15) is 4.79 Å². The number of furan rings is 1. The fraction of sp³-hybridized carbons (Fsp3) is 0.200. The largest absolute Gasteiger partial charge is 0.451 e. The van der Waals surface area contributed by atoms with Crippen LogP contribution < -0.4 is 4.90 Å².